The van der Waals surface area contributed by atoms with Gasteiger partial charge in [-0.05, 0) is 72.8 Å². The van der Waals surface area contributed by atoms with Crippen LogP contribution in [0.25, 0.3) is 10.1 Å². The lowest BCUT2D eigenvalue weighted by molar-refractivity contribution is 0.0979. The maximum atomic E-state index is 13.8. The second-order valence-electron chi connectivity index (χ2n) is 9.46. The molecule has 1 fully saturated rings. The number of hydrogen-bond donors (Lipinski definition) is 0. The standard InChI is InChI=1S/C29H28N2O2S/c1-33-23-11-12-25-24(18-23)29(13-15-30(16-14-29)19-21-7-3-2-4-8-21)20-31(25)28(32)27-17-22-9-5-6-10-26(22)34-27/h2-12,17-18H,13-16,19-20H2,1H3. The summed E-state index contributed by atoms with van der Waals surface area (Å²) in [6, 6.07) is 27.2. The molecule has 0 aliphatic carbocycles. The number of methoxy groups -OCH3 is 1. The summed E-state index contributed by atoms with van der Waals surface area (Å²) >= 11 is 1.59. The Morgan fingerprint density at radius 3 is 2.50 bits per heavy atom. The summed E-state index contributed by atoms with van der Waals surface area (Å²) in [7, 11) is 1.71. The molecule has 4 nitrogen and oxygen atoms in total. The Kier molecular flexibility index (Phi) is 5.39. The Bertz CT molecular complexity index is 1310. The molecule has 0 saturated carbocycles. The molecule has 1 spiro atoms. The Labute approximate surface area is 204 Å². The van der Waals surface area contributed by atoms with E-state index in [-0.39, 0.29) is 11.3 Å². The Hall–Kier alpha value is -3.15. The summed E-state index contributed by atoms with van der Waals surface area (Å²) in [4.78, 5) is 19.1. The first-order valence-corrected chi connectivity index (χ1v) is 12.7. The van der Waals surface area contributed by atoms with Crippen molar-refractivity contribution in [3.05, 3.63) is 94.9 Å². The Morgan fingerprint density at radius 2 is 1.74 bits per heavy atom. The zero-order valence-corrected chi connectivity index (χ0v) is 20.2. The molecule has 4 aromatic rings. The number of carbonyl (C=O) groups is 1. The summed E-state index contributed by atoms with van der Waals surface area (Å²) in [6.45, 7) is 3.76. The predicted octanol–water partition coefficient (Wildman–Crippen LogP) is 6.10. The minimum atomic E-state index is -0.0244. The average Bonchev–Trinajstić information content (AvgIpc) is 3.45. The highest BCUT2D eigenvalue weighted by Gasteiger charge is 2.46. The summed E-state index contributed by atoms with van der Waals surface area (Å²) in [5, 5.41) is 1.13. The molecule has 0 unspecified atom stereocenters. The SMILES string of the molecule is COc1ccc2c(c1)C1(CCN(Cc3ccccc3)CC1)CN2C(=O)c1cc2ccccc2s1. The quantitative estimate of drug-likeness (QED) is 0.363. The molecule has 2 aliphatic rings. The molecule has 0 bridgehead atoms. The van der Waals surface area contributed by atoms with Gasteiger partial charge in [0.05, 0.1) is 12.0 Å². The van der Waals surface area contributed by atoms with Crippen molar-refractivity contribution in [2.45, 2.75) is 24.8 Å². The van der Waals surface area contributed by atoms with Gasteiger partial charge < -0.3 is 9.64 Å². The molecule has 5 heteroatoms. The zero-order valence-electron chi connectivity index (χ0n) is 19.4. The molecule has 34 heavy (non-hydrogen) atoms. The van der Waals surface area contributed by atoms with E-state index in [1.54, 1.807) is 18.4 Å². The predicted molar refractivity (Wildman–Crippen MR) is 139 cm³/mol. The molecule has 6 rings (SSSR count). The van der Waals surface area contributed by atoms with Crippen LogP contribution < -0.4 is 9.64 Å². The molecule has 172 valence electrons. The van der Waals surface area contributed by atoms with Crippen LogP contribution >= 0.6 is 11.3 Å². The van der Waals surface area contributed by atoms with Crippen molar-refractivity contribution < 1.29 is 9.53 Å². The van der Waals surface area contributed by atoms with E-state index in [1.165, 1.54) is 11.1 Å². The molecule has 1 aromatic heterocycles. The van der Waals surface area contributed by atoms with E-state index in [2.05, 4.69) is 59.5 Å². The van der Waals surface area contributed by atoms with Crippen LogP contribution in [0.5, 0.6) is 5.75 Å². The lowest BCUT2D eigenvalue weighted by atomic mass is 9.74. The van der Waals surface area contributed by atoms with Crippen molar-refractivity contribution in [3.63, 3.8) is 0 Å². The number of thiophene rings is 1. The third-order valence-electron chi connectivity index (χ3n) is 7.47. The van der Waals surface area contributed by atoms with Crippen LogP contribution in [-0.4, -0.2) is 37.6 Å². The number of rotatable bonds is 4. The van der Waals surface area contributed by atoms with Crippen LogP contribution in [0.4, 0.5) is 5.69 Å². The first-order valence-electron chi connectivity index (χ1n) is 11.9. The largest absolute Gasteiger partial charge is 0.497 e. The van der Waals surface area contributed by atoms with Crippen LogP contribution in [0.2, 0.25) is 0 Å². The van der Waals surface area contributed by atoms with Gasteiger partial charge in [-0.1, -0.05) is 48.5 Å². The lowest BCUT2D eigenvalue weighted by Crippen LogP contribution is -2.45. The van der Waals surface area contributed by atoms with Gasteiger partial charge in [0, 0.05) is 28.9 Å². The van der Waals surface area contributed by atoms with Gasteiger partial charge in [-0.2, -0.15) is 0 Å². The van der Waals surface area contributed by atoms with Gasteiger partial charge >= 0.3 is 0 Å². The Morgan fingerprint density at radius 1 is 0.971 bits per heavy atom. The van der Waals surface area contributed by atoms with E-state index in [4.69, 9.17) is 4.74 Å². The fourth-order valence-electron chi connectivity index (χ4n) is 5.59. The van der Waals surface area contributed by atoms with Gasteiger partial charge in [-0.3, -0.25) is 9.69 Å². The molecular weight excluding hydrogens is 440 g/mol. The lowest BCUT2D eigenvalue weighted by Gasteiger charge is -2.40. The zero-order chi connectivity index (χ0) is 23.1. The molecule has 1 amide bonds. The van der Waals surface area contributed by atoms with Crippen molar-refractivity contribution in [2.75, 3.05) is 31.6 Å². The Balaban J connectivity index is 1.29. The highest BCUT2D eigenvalue weighted by molar-refractivity contribution is 7.20. The second kappa shape index (κ2) is 8.57. The molecular formula is C29H28N2O2S. The van der Waals surface area contributed by atoms with Crippen molar-refractivity contribution in [2.24, 2.45) is 0 Å². The summed E-state index contributed by atoms with van der Waals surface area (Å²) < 4.78 is 6.74. The fraction of sp³-hybridized carbons (Fsp3) is 0.276. The molecule has 2 aliphatic heterocycles. The second-order valence-corrected chi connectivity index (χ2v) is 10.5. The van der Waals surface area contributed by atoms with Crippen molar-refractivity contribution >= 4 is 33.0 Å². The first-order chi connectivity index (χ1) is 16.6. The monoisotopic (exact) mass is 468 g/mol. The highest BCUT2D eigenvalue weighted by atomic mass is 32.1. The topological polar surface area (TPSA) is 32.8 Å². The number of hydrogen-bond acceptors (Lipinski definition) is 4. The normalized spacial score (nSPS) is 17.3. The van der Waals surface area contributed by atoms with Gasteiger partial charge in [0.15, 0.2) is 0 Å². The van der Waals surface area contributed by atoms with Crippen molar-refractivity contribution in [3.8, 4) is 5.75 Å². The van der Waals surface area contributed by atoms with E-state index in [1.807, 2.05) is 29.2 Å². The van der Waals surface area contributed by atoms with Crippen molar-refractivity contribution in [1.82, 2.24) is 4.90 Å². The number of nitrogens with zero attached hydrogens (tertiary/aromatic N) is 2. The maximum absolute atomic E-state index is 13.8. The fourth-order valence-corrected chi connectivity index (χ4v) is 6.60. The third-order valence-corrected chi connectivity index (χ3v) is 8.57. The average molecular weight is 469 g/mol. The number of anilines is 1. The highest BCUT2D eigenvalue weighted by Crippen LogP contribution is 2.49. The summed E-state index contributed by atoms with van der Waals surface area (Å²) in [5.74, 6) is 0.970. The maximum Gasteiger partial charge on any atom is 0.268 e. The number of fused-ring (bicyclic) bond motifs is 3. The minimum absolute atomic E-state index is 0.0244. The number of piperidine rings is 1. The molecule has 1 saturated heterocycles. The molecule has 0 atom stereocenters. The number of carbonyl (C=O) groups excluding carboxylic acids is 1. The number of ether oxygens (including phenoxy) is 1. The molecule has 0 N–H and O–H groups in total. The third kappa shape index (κ3) is 3.69. The number of benzene rings is 3. The minimum Gasteiger partial charge on any atom is -0.497 e. The van der Waals surface area contributed by atoms with Crippen LogP contribution in [0.1, 0.15) is 33.6 Å². The van der Waals surface area contributed by atoms with E-state index >= 15 is 0 Å². The van der Waals surface area contributed by atoms with Crippen molar-refractivity contribution in [1.29, 1.82) is 0 Å². The van der Waals surface area contributed by atoms with Gasteiger partial charge in [0.2, 0.25) is 0 Å². The van der Waals surface area contributed by atoms with Crippen LogP contribution in [-0.2, 0) is 12.0 Å². The van der Waals surface area contributed by atoms with E-state index in [0.717, 1.165) is 65.4 Å². The number of amides is 1. The summed E-state index contributed by atoms with van der Waals surface area (Å²) in [5.41, 5.74) is 3.64. The van der Waals surface area contributed by atoms with E-state index < -0.39 is 0 Å². The first kappa shape index (κ1) is 21.4. The smallest absolute Gasteiger partial charge is 0.268 e. The molecule has 0 radical (unpaired) electrons. The van der Waals surface area contributed by atoms with E-state index in [0.29, 0.717) is 0 Å². The van der Waals surface area contributed by atoms with Crippen LogP contribution in [0.15, 0.2) is 78.9 Å². The number of likely N-dealkylation sites (tertiary alicyclic amines) is 1. The van der Waals surface area contributed by atoms with Gasteiger partial charge in [-0.15, -0.1) is 11.3 Å². The molecule has 3 aromatic carbocycles. The van der Waals surface area contributed by atoms with Gasteiger partial charge in [0.1, 0.15) is 5.75 Å². The van der Waals surface area contributed by atoms with Crippen LogP contribution in [0.3, 0.4) is 0 Å². The van der Waals surface area contributed by atoms with Gasteiger partial charge in [-0.25, -0.2) is 0 Å². The summed E-state index contributed by atoms with van der Waals surface area (Å²) in [6.07, 6.45) is 2.08. The van der Waals surface area contributed by atoms with E-state index in [9.17, 15) is 4.79 Å². The molecule has 3 heterocycles. The van der Waals surface area contributed by atoms with Crippen LogP contribution in [0, 0.1) is 0 Å². The van der Waals surface area contributed by atoms with Gasteiger partial charge in [0.25, 0.3) is 5.91 Å².